The van der Waals surface area contributed by atoms with Crippen LogP contribution < -0.4 is 5.56 Å². The first kappa shape index (κ1) is 22.3. The highest BCUT2D eigenvalue weighted by atomic mass is 32.2. The maximum atomic E-state index is 13.2. The maximum Gasteiger partial charge on any atom is 0.335 e. The Morgan fingerprint density at radius 1 is 1.03 bits per heavy atom. The van der Waals surface area contributed by atoms with Gasteiger partial charge in [0.2, 0.25) is 0 Å². The molecule has 0 aliphatic heterocycles. The van der Waals surface area contributed by atoms with Crippen LogP contribution >= 0.6 is 11.8 Å². The lowest BCUT2D eigenvalue weighted by Crippen LogP contribution is -2.20. The predicted molar refractivity (Wildman–Crippen MR) is 122 cm³/mol. The highest BCUT2D eigenvalue weighted by Crippen LogP contribution is 2.22. The van der Waals surface area contributed by atoms with Crippen LogP contribution in [-0.2, 0) is 18.7 Å². The second kappa shape index (κ2) is 10.2. The number of carboxylic acids is 1. The van der Waals surface area contributed by atoms with Crippen molar-refractivity contribution in [3.05, 3.63) is 117 Å². The zero-order chi connectivity index (χ0) is 23.2. The molecule has 4 rings (SSSR count). The Balaban J connectivity index is 1.66. The van der Waals surface area contributed by atoms with E-state index in [9.17, 15) is 19.1 Å². The van der Waals surface area contributed by atoms with Crippen LogP contribution in [0.4, 0.5) is 4.39 Å². The molecule has 2 aromatic heterocycles. The molecular weight excluding hydrogens is 443 g/mol. The Labute approximate surface area is 193 Å². The van der Waals surface area contributed by atoms with E-state index in [1.165, 1.54) is 36.3 Å². The Hall–Kier alpha value is -3.85. The zero-order valence-electron chi connectivity index (χ0n) is 17.4. The molecule has 0 aliphatic carbocycles. The molecule has 0 fully saturated rings. The predicted octanol–water partition coefficient (Wildman–Crippen LogP) is 3.80. The summed E-state index contributed by atoms with van der Waals surface area (Å²) in [6.45, 7) is 0.332. The van der Waals surface area contributed by atoms with E-state index >= 15 is 0 Å². The van der Waals surface area contributed by atoms with Crippen LogP contribution in [0.2, 0.25) is 0 Å². The van der Waals surface area contributed by atoms with Crippen LogP contribution in [0.3, 0.4) is 0 Å². The molecule has 0 unspecified atom stereocenters. The average Bonchev–Trinajstić information content (AvgIpc) is 2.82. The molecule has 0 saturated carbocycles. The summed E-state index contributed by atoms with van der Waals surface area (Å²) >= 11 is 1.35. The highest BCUT2D eigenvalue weighted by molar-refractivity contribution is 7.98. The number of halogens is 1. The van der Waals surface area contributed by atoms with Gasteiger partial charge >= 0.3 is 5.97 Å². The van der Waals surface area contributed by atoms with E-state index in [0.29, 0.717) is 29.4 Å². The fourth-order valence-corrected chi connectivity index (χ4v) is 4.16. The number of benzene rings is 2. The molecule has 33 heavy (non-hydrogen) atoms. The van der Waals surface area contributed by atoms with Crippen LogP contribution in [0.25, 0.3) is 0 Å². The van der Waals surface area contributed by atoms with Gasteiger partial charge in [0.1, 0.15) is 12.1 Å². The van der Waals surface area contributed by atoms with Crippen molar-refractivity contribution >= 4 is 17.7 Å². The minimum Gasteiger partial charge on any atom is -0.478 e. The standard InChI is InChI=1S/C24H19FN4O3S/c25-21-6-4-16(5-7-21)14-33-24-28-22(30)20(9-18-10-26-15-27-11-18)13-29(24)12-17-2-1-3-19(8-17)23(31)32/h1-8,10-11,13,15H,9,12,14H2,(H,31,32). The zero-order valence-corrected chi connectivity index (χ0v) is 18.2. The Bertz CT molecular complexity index is 1330. The number of nitrogens with zero attached hydrogens (tertiary/aromatic N) is 4. The van der Waals surface area contributed by atoms with E-state index in [1.807, 2.05) is 10.6 Å². The van der Waals surface area contributed by atoms with Crippen LogP contribution in [0.1, 0.15) is 32.6 Å². The second-order valence-electron chi connectivity index (χ2n) is 7.33. The van der Waals surface area contributed by atoms with Crippen molar-refractivity contribution in [1.29, 1.82) is 0 Å². The molecule has 1 N–H and O–H groups in total. The molecule has 0 spiro atoms. The number of rotatable bonds is 8. The van der Waals surface area contributed by atoms with E-state index in [1.54, 1.807) is 42.9 Å². The maximum absolute atomic E-state index is 13.2. The molecule has 0 atom stereocenters. The number of thioether (sulfide) groups is 1. The Kier molecular flexibility index (Phi) is 6.89. The van der Waals surface area contributed by atoms with Gasteiger partial charge in [-0.15, -0.1) is 0 Å². The monoisotopic (exact) mass is 462 g/mol. The summed E-state index contributed by atoms with van der Waals surface area (Å²) in [7, 11) is 0. The molecule has 0 aliphatic rings. The number of hydrogen-bond donors (Lipinski definition) is 1. The van der Waals surface area contributed by atoms with Crippen molar-refractivity contribution in [2.45, 2.75) is 23.9 Å². The van der Waals surface area contributed by atoms with E-state index in [-0.39, 0.29) is 16.9 Å². The minimum atomic E-state index is -1.01. The summed E-state index contributed by atoms with van der Waals surface area (Å²) < 4.78 is 15.0. The van der Waals surface area contributed by atoms with E-state index in [4.69, 9.17) is 0 Å². The summed E-state index contributed by atoms with van der Waals surface area (Å²) in [5.74, 6) is -0.829. The fourth-order valence-electron chi connectivity index (χ4n) is 3.24. The van der Waals surface area contributed by atoms with Gasteiger partial charge in [-0.1, -0.05) is 36.0 Å². The molecule has 0 saturated heterocycles. The van der Waals surface area contributed by atoms with Crippen molar-refractivity contribution in [2.24, 2.45) is 0 Å². The smallest absolute Gasteiger partial charge is 0.335 e. The molecule has 2 aromatic carbocycles. The number of carboxylic acid groups (broad SMARTS) is 1. The van der Waals surface area contributed by atoms with Crippen LogP contribution in [0.15, 0.2) is 83.4 Å². The van der Waals surface area contributed by atoms with Crippen molar-refractivity contribution in [1.82, 2.24) is 19.5 Å². The molecule has 4 aromatic rings. The minimum absolute atomic E-state index is 0.184. The molecule has 166 valence electrons. The molecular formula is C24H19FN4O3S. The highest BCUT2D eigenvalue weighted by Gasteiger charge is 2.12. The summed E-state index contributed by atoms with van der Waals surface area (Å²) in [5.41, 5.74) is 2.74. The van der Waals surface area contributed by atoms with Crippen LogP contribution in [-0.4, -0.2) is 30.6 Å². The first-order valence-corrected chi connectivity index (χ1v) is 11.0. The fraction of sp³-hybridized carbons (Fsp3) is 0.125. The molecule has 0 radical (unpaired) electrons. The molecule has 0 bridgehead atoms. The third-order valence-electron chi connectivity index (χ3n) is 4.85. The van der Waals surface area contributed by atoms with Crippen molar-refractivity contribution < 1.29 is 14.3 Å². The number of aromatic carboxylic acids is 1. The number of aromatic nitrogens is 4. The Morgan fingerprint density at radius 2 is 1.79 bits per heavy atom. The number of hydrogen-bond acceptors (Lipinski definition) is 6. The molecule has 2 heterocycles. The van der Waals surface area contributed by atoms with Crippen molar-refractivity contribution in [2.75, 3.05) is 0 Å². The van der Waals surface area contributed by atoms with Crippen LogP contribution in [0.5, 0.6) is 0 Å². The molecule has 0 amide bonds. The van der Waals surface area contributed by atoms with Gasteiger partial charge in [-0.2, -0.15) is 4.98 Å². The van der Waals surface area contributed by atoms with Gasteiger partial charge in [-0.05, 0) is 41.0 Å². The third-order valence-corrected chi connectivity index (χ3v) is 5.91. The largest absolute Gasteiger partial charge is 0.478 e. The molecule has 9 heteroatoms. The first-order valence-electron chi connectivity index (χ1n) is 10.0. The lowest BCUT2D eigenvalue weighted by atomic mass is 10.1. The van der Waals surface area contributed by atoms with Gasteiger partial charge in [0, 0.05) is 42.9 Å². The molecule has 7 nitrogen and oxygen atoms in total. The first-order chi connectivity index (χ1) is 16.0. The topological polar surface area (TPSA) is 98.0 Å². The normalized spacial score (nSPS) is 10.8. The van der Waals surface area contributed by atoms with Crippen molar-refractivity contribution in [3.8, 4) is 0 Å². The van der Waals surface area contributed by atoms with Gasteiger partial charge in [-0.25, -0.2) is 19.2 Å². The summed E-state index contributed by atoms with van der Waals surface area (Å²) in [6, 6.07) is 12.8. The lowest BCUT2D eigenvalue weighted by molar-refractivity contribution is 0.0696. The van der Waals surface area contributed by atoms with Gasteiger partial charge in [0.25, 0.3) is 5.56 Å². The van der Waals surface area contributed by atoms with E-state index in [0.717, 1.165) is 16.7 Å². The number of carbonyl (C=O) groups is 1. The van der Waals surface area contributed by atoms with E-state index in [2.05, 4.69) is 15.0 Å². The van der Waals surface area contributed by atoms with Gasteiger partial charge in [0.05, 0.1) is 5.56 Å². The second-order valence-corrected chi connectivity index (χ2v) is 8.27. The quantitative estimate of drug-likeness (QED) is 0.314. The summed E-state index contributed by atoms with van der Waals surface area (Å²) in [4.78, 5) is 36.4. The summed E-state index contributed by atoms with van der Waals surface area (Å²) in [5, 5.41) is 9.79. The van der Waals surface area contributed by atoms with Crippen molar-refractivity contribution in [3.63, 3.8) is 0 Å². The van der Waals surface area contributed by atoms with Crippen LogP contribution in [0, 0.1) is 5.82 Å². The van der Waals surface area contributed by atoms with E-state index < -0.39 is 5.97 Å². The SMILES string of the molecule is O=C(O)c1cccc(Cn2cc(Cc3cncnc3)c(=O)nc2SCc2ccc(F)cc2)c1. The van der Waals surface area contributed by atoms with Gasteiger partial charge < -0.3 is 9.67 Å². The van der Waals surface area contributed by atoms with Gasteiger partial charge in [0.15, 0.2) is 5.16 Å². The van der Waals surface area contributed by atoms with Gasteiger partial charge in [-0.3, -0.25) is 4.79 Å². The average molecular weight is 463 g/mol. The lowest BCUT2D eigenvalue weighted by Gasteiger charge is -2.14. The Morgan fingerprint density at radius 3 is 2.52 bits per heavy atom. The summed E-state index contributed by atoms with van der Waals surface area (Å²) in [6.07, 6.45) is 6.77. The third kappa shape index (κ3) is 5.89.